The molecule has 3 heterocycles. The Morgan fingerprint density at radius 2 is 2.00 bits per heavy atom. The van der Waals surface area contributed by atoms with Crippen LogP contribution in [0.4, 0.5) is 0 Å². The normalized spacial score (nSPS) is 38.9. The zero-order chi connectivity index (χ0) is 25.1. The van der Waals surface area contributed by atoms with Crippen LogP contribution in [-0.2, 0) is 4.79 Å². The van der Waals surface area contributed by atoms with Gasteiger partial charge in [0.25, 0.3) is 0 Å². The number of nitrogens with zero attached hydrogens (tertiary/aromatic N) is 3. The molecule has 8 unspecified atom stereocenters. The lowest BCUT2D eigenvalue weighted by Gasteiger charge is -2.46. The molecule has 1 saturated carbocycles. The van der Waals surface area contributed by atoms with Gasteiger partial charge in [0, 0.05) is 82.2 Å². The standard InChI is InChI=1S/C26H52N8O/c1-17(2)34-25-23(15-30-34)22(26(35)28-13-21-14-29-33(5)18(21)3)12-24(31-25)20-8-6-7-19(11-20)16-32(4)10-9-27/h17-25,29-31H,6-16,27H2,1-5H3,(H,28,35). The molecule has 6 N–H and O–H groups in total. The van der Waals surface area contributed by atoms with E-state index in [1.54, 1.807) is 0 Å². The molecule has 0 aromatic carbocycles. The Bertz CT molecular complexity index is 692. The quantitative estimate of drug-likeness (QED) is 0.315. The van der Waals surface area contributed by atoms with E-state index in [0.29, 0.717) is 35.9 Å². The summed E-state index contributed by atoms with van der Waals surface area (Å²) >= 11 is 0. The van der Waals surface area contributed by atoms with Gasteiger partial charge >= 0.3 is 0 Å². The maximum atomic E-state index is 13.6. The molecule has 8 atom stereocenters. The Labute approximate surface area is 213 Å². The van der Waals surface area contributed by atoms with Crippen LogP contribution in [-0.4, -0.2) is 98.5 Å². The van der Waals surface area contributed by atoms with Crippen LogP contribution in [0, 0.1) is 29.6 Å². The molecule has 1 amide bonds. The summed E-state index contributed by atoms with van der Waals surface area (Å²) in [4.78, 5) is 16.0. The molecule has 0 aromatic rings. The van der Waals surface area contributed by atoms with E-state index in [2.05, 4.69) is 71.3 Å². The fourth-order valence-corrected chi connectivity index (χ4v) is 7.18. The second-order valence-corrected chi connectivity index (χ2v) is 12.1. The first-order chi connectivity index (χ1) is 16.8. The van der Waals surface area contributed by atoms with Gasteiger partial charge in [0.2, 0.25) is 5.91 Å². The van der Waals surface area contributed by atoms with Gasteiger partial charge in [-0.25, -0.2) is 10.0 Å². The first-order valence-electron chi connectivity index (χ1n) is 14.2. The smallest absolute Gasteiger partial charge is 0.223 e. The molecule has 0 spiro atoms. The van der Waals surface area contributed by atoms with Crippen molar-refractivity contribution in [1.82, 2.24) is 36.4 Å². The van der Waals surface area contributed by atoms with Crippen LogP contribution in [0.3, 0.4) is 0 Å². The Morgan fingerprint density at radius 1 is 1.20 bits per heavy atom. The molecule has 9 heteroatoms. The molecule has 4 aliphatic rings. The number of carbonyl (C=O) groups is 1. The Balaban J connectivity index is 1.42. The van der Waals surface area contributed by atoms with Gasteiger partial charge in [-0.1, -0.05) is 6.42 Å². The highest BCUT2D eigenvalue weighted by Gasteiger charge is 2.49. The largest absolute Gasteiger partial charge is 0.355 e. The number of nitrogens with two attached hydrogens (primary N) is 1. The second kappa shape index (κ2) is 12.2. The van der Waals surface area contributed by atoms with Crippen LogP contribution < -0.4 is 27.2 Å². The predicted octanol–water partition coefficient (Wildman–Crippen LogP) is 0.403. The highest BCUT2D eigenvalue weighted by molar-refractivity contribution is 5.79. The second-order valence-electron chi connectivity index (χ2n) is 12.1. The monoisotopic (exact) mass is 492 g/mol. The molecule has 9 nitrogen and oxygen atoms in total. The minimum absolute atomic E-state index is 0.0604. The average Bonchev–Trinajstić information content (AvgIpc) is 3.40. The van der Waals surface area contributed by atoms with E-state index in [9.17, 15) is 4.79 Å². The van der Waals surface area contributed by atoms with Crippen molar-refractivity contribution in [3.8, 4) is 0 Å². The molecule has 0 bridgehead atoms. The number of hydrazine groups is 2. The van der Waals surface area contributed by atoms with Crippen LogP contribution in [0.25, 0.3) is 0 Å². The van der Waals surface area contributed by atoms with Gasteiger partial charge in [-0.3, -0.25) is 21.0 Å². The number of hydrogen-bond acceptors (Lipinski definition) is 8. The van der Waals surface area contributed by atoms with Gasteiger partial charge in [0.15, 0.2) is 0 Å². The molecule has 3 saturated heterocycles. The number of nitrogens with one attached hydrogen (secondary N) is 4. The van der Waals surface area contributed by atoms with Crippen LogP contribution in [0.1, 0.15) is 52.9 Å². The fraction of sp³-hybridized carbons (Fsp3) is 0.962. The average molecular weight is 493 g/mol. The van der Waals surface area contributed by atoms with Crippen molar-refractivity contribution in [3.05, 3.63) is 0 Å². The molecule has 1 aliphatic carbocycles. The van der Waals surface area contributed by atoms with Gasteiger partial charge in [0.05, 0.1) is 6.17 Å². The Hall–Kier alpha value is -0.810. The maximum Gasteiger partial charge on any atom is 0.223 e. The third-order valence-corrected chi connectivity index (χ3v) is 9.43. The van der Waals surface area contributed by atoms with Gasteiger partial charge in [0.1, 0.15) is 0 Å². The van der Waals surface area contributed by atoms with Gasteiger partial charge in [-0.05, 0) is 65.3 Å². The van der Waals surface area contributed by atoms with E-state index in [0.717, 1.165) is 51.6 Å². The molecular weight excluding hydrogens is 440 g/mol. The van der Waals surface area contributed by atoms with Crippen molar-refractivity contribution >= 4 is 5.91 Å². The molecule has 35 heavy (non-hydrogen) atoms. The van der Waals surface area contributed by atoms with Crippen LogP contribution in [0.5, 0.6) is 0 Å². The topological polar surface area (TPSA) is 101 Å². The minimum atomic E-state index is 0.0604. The van der Waals surface area contributed by atoms with Crippen molar-refractivity contribution in [2.24, 2.45) is 35.3 Å². The molecule has 0 radical (unpaired) electrons. The third kappa shape index (κ3) is 6.37. The van der Waals surface area contributed by atoms with E-state index < -0.39 is 0 Å². The third-order valence-electron chi connectivity index (χ3n) is 9.43. The van der Waals surface area contributed by atoms with Gasteiger partial charge in [-0.2, -0.15) is 0 Å². The maximum absolute atomic E-state index is 13.6. The number of likely N-dealkylation sites (N-methyl/N-ethyl adjacent to an activating group) is 1. The summed E-state index contributed by atoms with van der Waals surface area (Å²) in [6, 6.07) is 1.23. The van der Waals surface area contributed by atoms with Crippen molar-refractivity contribution in [1.29, 1.82) is 0 Å². The number of piperidine rings is 1. The fourth-order valence-electron chi connectivity index (χ4n) is 7.18. The zero-order valence-corrected chi connectivity index (χ0v) is 22.8. The lowest BCUT2D eigenvalue weighted by molar-refractivity contribution is -0.129. The minimum Gasteiger partial charge on any atom is -0.355 e. The number of hydrogen-bond donors (Lipinski definition) is 5. The summed E-state index contributed by atoms with van der Waals surface area (Å²) in [6.45, 7) is 12.1. The van der Waals surface area contributed by atoms with Crippen LogP contribution >= 0.6 is 0 Å². The van der Waals surface area contributed by atoms with E-state index in [1.165, 1.54) is 25.7 Å². The van der Waals surface area contributed by atoms with Crippen molar-refractivity contribution in [2.45, 2.75) is 77.2 Å². The molecule has 202 valence electrons. The number of carbonyl (C=O) groups excluding carboxylic acids is 1. The summed E-state index contributed by atoms with van der Waals surface area (Å²) in [5.74, 6) is 2.45. The summed E-state index contributed by atoms with van der Waals surface area (Å²) < 4.78 is 0. The van der Waals surface area contributed by atoms with Crippen molar-refractivity contribution in [2.75, 3.05) is 53.4 Å². The summed E-state index contributed by atoms with van der Waals surface area (Å²) in [7, 11) is 4.29. The molecule has 0 aromatic heterocycles. The zero-order valence-electron chi connectivity index (χ0n) is 22.8. The lowest BCUT2D eigenvalue weighted by Crippen LogP contribution is -2.62. The molecular formula is C26H52N8O. The van der Waals surface area contributed by atoms with E-state index >= 15 is 0 Å². The van der Waals surface area contributed by atoms with E-state index in [-0.39, 0.29) is 18.0 Å². The summed E-state index contributed by atoms with van der Waals surface area (Å²) in [5.41, 5.74) is 12.8. The predicted molar refractivity (Wildman–Crippen MR) is 141 cm³/mol. The SMILES string of the molecule is CC1C(CNC(=O)C2CC(C3CCCC(CN(C)CCN)C3)NC3C2CNN3C(C)C)CNN1C. The highest BCUT2D eigenvalue weighted by atomic mass is 16.1. The highest BCUT2D eigenvalue weighted by Crippen LogP contribution is 2.39. The Morgan fingerprint density at radius 3 is 2.69 bits per heavy atom. The number of fused-ring (bicyclic) bond motifs is 1. The van der Waals surface area contributed by atoms with Gasteiger partial charge in [-0.15, -0.1) is 0 Å². The summed E-state index contributed by atoms with van der Waals surface area (Å²) in [5, 5.41) is 12.0. The first kappa shape index (κ1) is 27.2. The van der Waals surface area contributed by atoms with Crippen molar-refractivity contribution in [3.63, 3.8) is 0 Å². The lowest BCUT2D eigenvalue weighted by atomic mass is 9.71. The molecule has 4 rings (SSSR count). The molecule has 3 aliphatic heterocycles. The number of amides is 1. The van der Waals surface area contributed by atoms with Crippen molar-refractivity contribution < 1.29 is 4.79 Å². The van der Waals surface area contributed by atoms with E-state index in [4.69, 9.17) is 5.73 Å². The van der Waals surface area contributed by atoms with E-state index in [1.807, 2.05) is 0 Å². The Kier molecular flexibility index (Phi) is 9.46. The summed E-state index contributed by atoms with van der Waals surface area (Å²) in [6.07, 6.45) is 6.31. The number of rotatable bonds is 9. The first-order valence-corrected chi connectivity index (χ1v) is 14.2. The van der Waals surface area contributed by atoms with Gasteiger partial charge < -0.3 is 16.0 Å². The molecule has 4 fully saturated rings. The van der Waals surface area contributed by atoms with Crippen LogP contribution in [0.2, 0.25) is 0 Å². The van der Waals surface area contributed by atoms with Crippen LogP contribution in [0.15, 0.2) is 0 Å².